The first kappa shape index (κ1) is 16.4. The van der Waals surface area contributed by atoms with Crippen LogP contribution in [-0.2, 0) is 0 Å². The summed E-state index contributed by atoms with van der Waals surface area (Å²) in [6.45, 7) is 6.70. The predicted octanol–water partition coefficient (Wildman–Crippen LogP) is 3.11. The number of hydrogen-bond donors (Lipinski definition) is 3. The van der Waals surface area contributed by atoms with Crippen molar-refractivity contribution in [1.82, 2.24) is 0 Å². The van der Waals surface area contributed by atoms with Crippen molar-refractivity contribution in [3.63, 3.8) is 0 Å². The van der Waals surface area contributed by atoms with Gasteiger partial charge in [-0.05, 0) is 93.3 Å². The summed E-state index contributed by atoms with van der Waals surface area (Å²) in [4.78, 5) is 0. The highest BCUT2D eigenvalue weighted by molar-refractivity contribution is 5.15. The van der Waals surface area contributed by atoms with Crippen LogP contribution in [-0.4, -0.2) is 32.6 Å². The Morgan fingerprint density at radius 3 is 2.30 bits per heavy atom. The van der Waals surface area contributed by atoms with Crippen molar-refractivity contribution in [3.05, 3.63) is 0 Å². The summed E-state index contributed by atoms with van der Waals surface area (Å²) in [7, 11) is 0. The van der Waals surface area contributed by atoms with Gasteiger partial charge in [0.25, 0.3) is 0 Å². The van der Waals surface area contributed by atoms with Gasteiger partial charge in [-0.25, -0.2) is 0 Å². The molecule has 23 heavy (non-hydrogen) atoms. The predicted molar refractivity (Wildman–Crippen MR) is 89.7 cm³/mol. The van der Waals surface area contributed by atoms with Crippen molar-refractivity contribution in [2.75, 3.05) is 0 Å². The zero-order valence-electron chi connectivity index (χ0n) is 15.0. The van der Waals surface area contributed by atoms with Crippen LogP contribution in [0.1, 0.15) is 72.1 Å². The number of hydrogen-bond acceptors (Lipinski definition) is 3. The lowest BCUT2D eigenvalue weighted by Crippen LogP contribution is -2.62. The normalized spacial score (nSPS) is 62.3. The van der Waals surface area contributed by atoms with Crippen LogP contribution in [0.4, 0.5) is 0 Å². The molecule has 0 bridgehead atoms. The molecular weight excluding hydrogens is 288 g/mol. The summed E-state index contributed by atoms with van der Waals surface area (Å²) < 4.78 is 0. The highest BCUT2D eigenvalue weighted by atomic mass is 16.3. The first-order chi connectivity index (χ1) is 10.7. The second kappa shape index (κ2) is 4.95. The fraction of sp³-hybridized carbons (Fsp3) is 1.00. The molecule has 0 amide bonds. The second-order valence-corrected chi connectivity index (χ2v) is 9.89. The Kier molecular flexibility index (Phi) is 3.52. The van der Waals surface area contributed by atoms with Gasteiger partial charge in [0, 0.05) is 0 Å². The lowest BCUT2D eigenvalue weighted by molar-refractivity contribution is -0.212. The minimum Gasteiger partial charge on any atom is -0.393 e. The molecule has 0 radical (unpaired) electrons. The summed E-state index contributed by atoms with van der Waals surface area (Å²) in [5, 5.41) is 32.6. The van der Waals surface area contributed by atoms with E-state index in [4.69, 9.17) is 0 Å². The third-order valence-electron chi connectivity index (χ3n) is 8.99. The van der Waals surface area contributed by atoms with E-state index >= 15 is 0 Å². The van der Waals surface area contributed by atoms with Gasteiger partial charge in [-0.2, -0.15) is 0 Å². The van der Waals surface area contributed by atoms with Gasteiger partial charge in [0.2, 0.25) is 0 Å². The summed E-state index contributed by atoms with van der Waals surface area (Å²) in [5.74, 6) is 2.32. The van der Waals surface area contributed by atoms with Gasteiger partial charge in [-0.1, -0.05) is 13.8 Å². The van der Waals surface area contributed by atoms with Gasteiger partial charge in [-0.3, -0.25) is 0 Å². The van der Waals surface area contributed by atoms with Crippen LogP contribution >= 0.6 is 0 Å². The SMILES string of the molecule is C[C@@H]1C[C@H]2C[C@H](O)CC[C@]2(O)[C@H]2CC[C@@]3(C)[C@@H](CC[C@]3(C)O)[C@H]12. The molecule has 4 rings (SSSR count). The van der Waals surface area contributed by atoms with Crippen molar-refractivity contribution in [2.45, 2.75) is 89.4 Å². The van der Waals surface area contributed by atoms with E-state index in [2.05, 4.69) is 13.8 Å². The van der Waals surface area contributed by atoms with Crippen molar-refractivity contribution in [3.8, 4) is 0 Å². The zero-order chi connectivity index (χ0) is 16.6. The van der Waals surface area contributed by atoms with Crippen LogP contribution < -0.4 is 0 Å². The molecule has 3 N–H and O–H groups in total. The van der Waals surface area contributed by atoms with E-state index in [9.17, 15) is 15.3 Å². The fourth-order valence-corrected chi connectivity index (χ4v) is 7.46. The molecular formula is C20H34O3. The van der Waals surface area contributed by atoms with Crippen LogP contribution in [0.2, 0.25) is 0 Å². The molecule has 0 aliphatic heterocycles. The Morgan fingerprint density at radius 2 is 1.57 bits per heavy atom. The Bertz CT molecular complexity index is 489. The maximum absolute atomic E-state index is 11.6. The van der Waals surface area contributed by atoms with Gasteiger partial charge in [0.15, 0.2) is 0 Å². The van der Waals surface area contributed by atoms with Crippen LogP contribution in [0.3, 0.4) is 0 Å². The van der Waals surface area contributed by atoms with E-state index in [-0.39, 0.29) is 17.4 Å². The summed E-state index contributed by atoms with van der Waals surface area (Å²) in [6.07, 6.45) is 7.23. The Morgan fingerprint density at radius 1 is 0.870 bits per heavy atom. The molecule has 4 fully saturated rings. The molecule has 132 valence electrons. The summed E-state index contributed by atoms with van der Waals surface area (Å²) in [5.41, 5.74) is -1.10. The molecule has 3 nitrogen and oxygen atoms in total. The first-order valence-corrected chi connectivity index (χ1v) is 9.82. The third-order valence-corrected chi connectivity index (χ3v) is 8.99. The van der Waals surface area contributed by atoms with Gasteiger partial charge in [0.1, 0.15) is 0 Å². The molecule has 0 aromatic heterocycles. The first-order valence-electron chi connectivity index (χ1n) is 9.82. The molecule has 9 atom stereocenters. The van der Waals surface area contributed by atoms with Gasteiger partial charge in [-0.15, -0.1) is 0 Å². The molecule has 4 saturated carbocycles. The van der Waals surface area contributed by atoms with Crippen molar-refractivity contribution in [1.29, 1.82) is 0 Å². The van der Waals surface area contributed by atoms with Gasteiger partial charge < -0.3 is 15.3 Å². The lowest BCUT2D eigenvalue weighted by atomic mass is 9.45. The van der Waals surface area contributed by atoms with E-state index in [1.54, 1.807) is 0 Å². The minimum absolute atomic E-state index is 0.0137. The Hall–Kier alpha value is -0.120. The molecule has 0 aromatic rings. The van der Waals surface area contributed by atoms with Gasteiger partial charge >= 0.3 is 0 Å². The molecule has 0 unspecified atom stereocenters. The molecule has 0 spiro atoms. The lowest BCUT2D eigenvalue weighted by Gasteiger charge is -2.62. The molecule has 0 aromatic carbocycles. The minimum atomic E-state index is -0.563. The van der Waals surface area contributed by atoms with Crippen LogP contribution in [0.5, 0.6) is 0 Å². The molecule has 3 heteroatoms. The molecule has 4 aliphatic carbocycles. The second-order valence-electron chi connectivity index (χ2n) is 9.89. The molecule has 0 heterocycles. The molecule has 0 saturated heterocycles. The zero-order valence-corrected chi connectivity index (χ0v) is 15.0. The van der Waals surface area contributed by atoms with Crippen LogP contribution in [0.15, 0.2) is 0 Å². The Labute approximate surface area is 140 Å². The maximum atomic E-state index is 11.6. The monoisotopic (exact) mass is 322 g/mol. The van der Waals surface area contributed by atoms with E-state index < -0.39 is 11.2 Å². The largest absolute Gasteiger partial charge is 0.393 e. The number of rotatable bonds is 0. The number of aliphatic hydroxyl groups is 3. The van der Waals surface area contributed by atoms with Crippen molar-refractivity contribution >= 4 is 0 Å². The number of aliphatic hydroxyl groups excluding tert-OH is 1. The van der Waals surface area contributed by atoms with Crippen LogP contribution in [0.25, 0.3) is 0 Å². The quantitative estimate of drug-likeness (QED) is 0.642. The topological polar surface area (TPSA) is 60.7 Å². The third kappa shape index (κ3) is 2.05. The molecule has 4 aliphatic rings. The summed E-state index contributed by atoms with van der Waals surface area (Å²) in [6, 6.07) is 0. The van der Waals surface area contributed by atoms with Gasteiger partial charge in [0.05, 0.1) is 17.3 Å². The van der Waals surface area contributed by atoms with Crippen molar-refractivity contribution < 1.29 is 15.3 Å². The van der Waals surface area contributed by atoms with Crippen molar-refractivity contribution in [2.24, 2.45) is 35.0 Å². The maximum Gasteiger partial charge on any atom is 0.0708 e. The smallest absolute Gasteiger partial charge is 0.0708 e. The average Bonchev–Trinajstić information content (AvgIpc) is 2.72. The summed E-state index contributed by atoms with van der Waals surface area (Å²) >= 11 is 0. The average molecular weight is 322 g/mol. The van der Waals surface area contributed by atoms with E-state index in [1.807, 2.05) is 6.92 Å². The Balaban J connectivity index is 1.68. The number of fused-ring (bicyclic) bond motifs is 5. The standard InChI is InChI=1S/C20H34O3/c1-12-10-13-11-14(21)4-9-20(13,23)16-5-7-18(2)15(17(12)16)6-8-19(18,3)22/h12-17,21-23H,4-11H2,1-3H3/t12-,13+,14-,15+,16+,17+,18+,19+,20-/m1/s1. The highest BCUT2D eigenvalue weighted by Gasteiger charge is 2.65. The highest BCUT2D eigenvalue weighted by Crippen LogP contribution is 2.67. The van der Waals surface area contributed by atoms with E-state index in [1.165, 1.54) is 0 Å². The van der Waals surface area contributed by atoms with Crippen LogP contribution in [0, 0.1) is 35.0 Å². The van der Waals surface area contributed by atoms with E-state index in [0.29, 0.717) is 23.7 Å². The fourth-order valence-electron chi connectivity index (χ4n) is 7.46. The van der Waals surface area contributed by atoms with E-state index in [0.717, 1.165) is 51.4 Å².